The molecule has 1 N–H and O–H groups in total. The number of aromatic carboxylic acids is 1. The Morgan fingerprint density at radius 3 is 2.60 bits per heavy atom. The molecule has 6 heteroatoms. The van der Waals surface area contributed by atoms with E-state index in [2.05, 4.69) is 0 Å². The van der Waals surface area contributed by atoms with Crippen molar-refractivity contribution < 1.29 is 18.3 Å². The molecule has 0 saturated heterocycles. The molecule has 110 valence electrons. The van der Waals surface area contributed by atoms with Crippen molar-refractivity contribution >= 4 is 16.0 Å². The molecule has 2 rings (SSSR count). The number of rotatable bonds is 6. The van der Waals surface area contributed by atoms with E-state index in [-0.39, 0.29) is 10.5 Å². The smallest absolute Gasteiger partial charge is 0.335 e. The molecule has 0 heterocycles. The van der Waals surface area contributed by atoms with E-state index in [1.165, 1.54) is 28.6 Å². The Morgan fingerprint density at radius 1 is 1.40 bits per heavy atom. The fourth-order valence-electron chi connectivity index (χ4n) is 2.30. The van der Waals surface area contributed by atoms with Gasteiger partial charge in [0.05, 0.1) is 10.5 Å². The van der Waals surface area contributed by atoms with Gasteiger partial charge >= 0.3 is 5.97 Å². The Bertz CT molecular complexity index is 593. The van der Waals surface area contributed by atoms with Crippen LogP contribution < -0.4 is 0 Å². The van der Waals surface area contributed by atoms with Crippen LogP contribution >= 0.6 is 0 Å². The minimum absolute atomic E-state index is 0.00854. The summed E-state index contributed by atoms with van der Waals surface area (Å²) in [6, 6.07) is 5.53. The number of carboxylic acid groups (broad SMARTS) is 1. The van der Waals surface area contributed by atoms with Crippen molar-refractivity contribution in [3.8, 4) is 0 Å². The van der Waals surface area contributed by atoms with E-state index in [1.807, 2.05) is 0 Å². The molecule has 0 radical (unpaired) electrons. The van der Waals surface area contributed by atoms with Gasteiger partial charge in [-0.3, -0.25) is 0 Å². The Labute approximate surface area is 119 Å². The summed E-state index contributed by atoms with van der Waals surface area (Å²) in [5.41, 5.74) is -0.00854. The number of sulfonamides is 1. The highest BCUT2D eigenvalue weighted by atomic mass is 32.2. The van der Waals surface area contributed by atoms with Crippen LogP contribution in [0, 0.1) is 5.92 Å². The largest absolute Gasteiger partial charge is 0.478 e. The average molecular weight is 297 g/mol. The van der Waals surface area contributed by atoms with Gasteiger partial charge in [-0.05, 0) is 37.0 Å². The van der Waals surface area contributed by atoms with Gasteiger partial charge in [-0.2, -0.15) is 4.31 Å². The SMILES string of the molecule is CCN(CC1CCC1)S(=O)(=O)c1cccc(C(=O)O)c1. The highest BCUT2D eigenvalue weighted by molar-refractivity contribution is 7.89. The Balaban J connectivity index is 2.27. The lowest BCUT2D eigenvalue weighted by molar-refractivity contribution is 0.0696. The monoisotopic (exact) mass is 297 g/mol. The van der Waals surface area contributed by atoms with E-state index in [9.17, 15) is 13.2 Å². The van der Waals surface area contributed by atoms with Crippen LogP contribution in [0.5, 0.6) is 0 Å². The molecule has 1 aliphatic carbocycles. The van der Waals surface area contributed by atoms with Crippen molar-refractivity contribution in [3.05, 3.63) is 29.8 Å². The normalized spacial score (nSPS) is 16.1. The van der Waals surface area contributed by atoms with Gasteiger partial charge in [0.1, 0.15) is 0 Å². The number of hydrogen-bond acceptors (Lipinski definition) is 3. The first-order chi connectivity index (χ1) is 9.45. The van der Waals surface area contributed by atoms with Gasteiger partial charge in [0.25, 0.3) is 0 Å². The van der Waals surface area contributed by atoms with Gasteiger partial charge < -0.3 is 5.11 Å². The van der Waals surface area contributed by atoms with Crippen molar-refractivity contribution in [2.45, 2.75) is 31.1 Å². The summed E-state index contributed by atoms with van der Waals surface area (Å²) < 4.78 is 26.5. The molecule has 1 aromatic rings. The molecule has 1 saturated carbocycles. The number of carbonyl (C=O) groups is 1. The van der Waals surface area contributed by atoms with Crippen LogP contribution in [0.15, 0.2) is 29.2 Å². The van der Waals surface area contributed by atoms with E-state index in [0.717, 1.165) is 19.3 Å². The third-order valence-electron chi connectivity index (χ3n) is 3.76. The first kappa shape index (κ1) is 15.0. The van der Waals surface area contributed by atoms with Crippen molar-refractivity contribution in [2.75, 3.05) is 13.1 Å². The molecule has 0 atom stereocenters. The number of benzene rings is 1. The van der Waals surface area contributed by atoms with Gasteiger partial charge in [-0.25, -0.2) is 13.2 Å². The van der Waals surface area contributed by atoms with E-state index in [0.29, 0.717) is 19.0 Å². The summed E-state index contributed by atoms with van der Waals surface area (Å²) in [7, 11) is -3.61. The molecule has 0 aliphatic heterocycles. The van der Waals surface area contributed by atoms with E-state index in [4.69, 9.17) is 5.11 Å². The van der Waals surface area contributed by atoms with Crippen LogP contribution in [-0.2, 0) is 10.0 Å². The molecule has 0 bridgehead atoms. The third-order valence-corrected chi connectivity index (χ3v) is 5.69. The summed E-state index contributed by atoms with van der Waals surface area (Å²) in [5, 5.41) is 8.95. The summed E-state index contributed by atoms with van der Waals surface area (Å²) in [6.45, 7) is 2.73. The van der Waals surface area contributed by atoms with Crippen LogP contribution in [0.25, 0.3) is 0 Å². The fraction of sp³-hybridized carbons (Fsp3) is 0.500. The van der Waals surface area contributed by atoms with Crippen LogP contribution in [-0.4, -0.2) is 36.9 Å². The molecular weight excluding hydrogens is 278 g/mol. The second-order valence-corrected chi connectivity index (χ2v) is 7.02. The molecular formula is C14H19NO4S. The number of carboxylic acids is 1. The fourth-order valence-corrected chi connectivity index (χ4v) is 3.87. The lowest BCUT2D eigenvalue weighted by atomic mass is 9.85. The number of nitrogens with zero attached hydrogens (tertiary/aromatic N) is 1. The van der Waals surface area contributed by atoms with Gasteiger partial charge in [-0.15, -0.1) is 0 Å². The third kappa shape index (κ3) is 3.02. The molecule has 1 aliphatic rings. The second kappa shape index (κ2) is 5.93. The maximum atomic E-state index is 12.5. The lowest BCUT2D eigenvalue weighted by Crippen LogP contribution is -2.37. The highest BCUT2D eigenvalue weighted by Gasteiger charge is 2.28. The summed E-state index contributed by atoms with van der Waals surface area (Å²) in [4.78, 5) is 11.0. The van der Waals surface area contributed by atoms with E-state index in [1.54, 1.807) is 6.92 Å². The predicted octanol–water partition coefficient (Wildman–Crippen LogP) is 2.20. The number of hydrogen-bond donors (Lipinski definition) is 1. The minimum Gasteiger partial charge on any atom is -0.478 e. The zero-order valence-electron chi connectivity index (χ0n) is 11.4. The maximum absolute atomic E-state index is 12.5. The van der Waals surface area contributed by atoms with Crippen molar-refractivity contribution in [3.63, 3.8) is 0 Å². The van der Waals surface area contributed by atoms with Gasteiger partial charge in [0.15, 0.2) is 0 Å². The molecule has 1 aromatic carbocycles. The molecule has 0 unspecified atom stereocenters. The van der Waals surface area contributed by atoms with E-state index < -0.39 is 16.0 Å². The second-order valence-electron chi connectivity index (χ2n) is 5.09. The van der Waals surface area contributed by atoms with Crippen molar-refractivity contribution in [1.82, 2.24) is 4.31 Å². The quantitative estimate of drug-likeness (QED) is 0.873. The first-order valence-corrected chi connectivity index (χ1v) is 8.22. The topological polar surface area (TPSA) is 74.7 Å². The Hall–Kier alpha value is -1.40. The first-order valence-electron chi connectivity index (χ1n) is 6.78. The Kier molecular flexibility index (Phi) is 4.45. The van der Waals surface area contributed by atoms with E-state index >= 15 is 0 Å². The van der Waals surface area contributed by atoms with Crippen molar-refractivity contribution in [2.24, 2.45) is 5.92 Å². The van der Waals surface area contributed by atoms with Crippen LogP contribution in [0.1, 0.15) is 36.5 Å². The predicted molar refractivity (Wildman–Crippen MR) is 75.2 cm³/mol. The summed E-state index contributed by atoms with van der Waals surface area (Å²) in [5.74, 6) is -0.684. The molecule has 0 amide bonds. The average Bonchev–Trinajstić information content (AvgIpc) is 2.37. The van der Waals surface area contributed by atoms with Gasteiger partial charge in [0.2, 0.25) is 10.0 Å². The van der Waals surface area contributed by atoms with Gasteiger partial charge in [-0.1, -0.05) is 19.4 Å². The molecule has 20 heavy (non-hydrogen) atoms. The minimum atomic E-state index is -3.61. The highest BCUT2D eigenvalue weighted by Crippen LogP contribution is 2.29. The molecule has 0 spiro atoms. The summed E-state index contributed by atoms with van der Waals surface area (Å²) >= 11 is 0. The molecule has 0 aromatic heterocycles. The van der Waals surface area contributed by atoms with Crippen LogP contribution in [0.3, 0.4) is 0 Å². The van der Waals surface area contributed by atoms with Crippen molar-refractivity contribution in [1.29, 1.82) is 0 Å². The van der Waals surface area contributed by atoms with Gasteiger partial charge in [0, 0.05) is 13.1 Å². The molecule has 5 nitrogen and oxygen atoms in total. The van der Waals surface area contributed by atoms with Crippen LogP contribution in [0.2, 0.25) is 0 Å². The van der Waals surface area contributed by atoms with Crippen LogP contribution in [0.4, 0.5) is 0 Å². The zero-order valence-corrected chi connectivity index (χ0v) is 12.3. The molecule has 1 fully saturated rings. The lowest BCUT2D eigenvalue weighted by Gasteiger charge is -2.31. The maximum Gasteiger partial charge on any atom is 0.335 e. The standard InChI is InChI=1S/C14H19NO4S/c1-2-15(10-11-5-3-6-11)20(18,19)13-8-4-7-12(9-13)14(16)17/h4,7-9,11H,2-3,5-6,10H2,1H3,(H,16,17). The zero-order chi connectivity index (χ0) is 14.8. The summed E-state index contributed by atoms with van der Waals surface area (Å²) in [6.07, 6.45) is 3.30. The Morgan fingerprint density at radius 2 is 2.10 bits per heavy atom.